The minimum Gasteiger partial charge on any atom is -0.371 e. The van der Waals surface area contributed by atoms with Gasteiger partial charge < -0.3 is 10.2 Å². The molecule has 4 nitrogen and oxygen atoms in total. The molecule has 1 heterocycles. The maximum Gasteiger partial charge on any atom is 0.272 e. The zero-order valence-electron chi connectivity index (χ0n) is 10.4. The Morgan fingerprint density at radius 2 is 2.35 bits per heavy atom. The van der Waals surface area contributed by atoms with Gasteiger partial charge in [-0.25, -0.2) is 0 Å². The summed E-state index contributed by atoms with van der Waals surface area (Å²) in [5.41, 5.74) is 1.22. The molecule has 1 atom stereocenters. The first-order valence-corrected chi connectivity index (χ1v) is 5.48. The molecule has 0 spiro atoms. The van der Waals surface area contributed by atoms with Crippen LogP contribution in [-0.4, -0.2) is 35.9 Å². The van der Waals surface area contributed by atoms with E-state index in [1.54, 1.807) is 32.4 Å². The van der Waals surface area contributed by atoms with Gasteiger partial charge in [0.05, 0.1) is 6.04 Å². The summed E-state index contributed by atoms with van der Waals surface area (Å²) in [6, 6.07) is 3.48. The van der Waals surface area contributed by atoms with E-state index in [1.165, 1.54) is 4.90 Å². The Hall–Kier alpha value is -2.02. The van der Waals surface area contributed by atoms with Crippen LogP contribution in [0.25, 0.3) is 0 Å². The van der Waals surface area contributed by atoms with Crippen molar-refractivity contribution in [2.24, 2.45) is 0 Å². The van der Waals surface area contributed by atoms with Crippen LogP contribution in [0.4, 0.5) is 5.69 Å². The predicted octanol–water partition coefficient (Wildman–Crippen LogP) is 1.61. The van der Waals surface area contributed by atoms with Gasteiger partial charge in [0, 0.05) is 26.0 Å². The number of carbonyl (C=O) groups is 1. The normalized spacial score (nSPS) is 11.4. The number of rotatable bonds is 4. The van der Waals surface area contributed by atoms with Gasteiger partial charge in [-0.3, -0.25) is 9.78 Å². The minimum atomic E-state index is -0.123. The fourth-order valence-corrected chi connectivity index (χ4v) is 1.33. The summed E-state index contributed by atoms with van der Waals surface area (Å²) in [6.45, 7) is 2.00. The number of pyridine rings is 1. The topological polar surface area (TPSA) is 45.2 Å². The molecule has 0 aliphatic carbocycles. The van der Waals surface area contributed by atoms with Crippen LogP contribution in [0, 0.1) is 12.3 Å². The molecule has 0 fully saturated rings. The number of hydrogen-bond acceptors (Lipinski definition) is 3. The van der Waals surface area contributed by atoms with Crippen molar-refractivity contribution in [2.45, 2.75) is 19.4 Å². The molecule has 1 rings (SSSR count). The Labute approximate surface area is 102 Å². The average molecular weight is 231 g/mol. The molecule has 90 valence electrons. The molecule has 0 aromatic carbocycles. The lowest BCUT2D eigenvalue weighted by molar-refractivity contribution is 0.0822. The third-order valence-corrected chi connectivity index (χ3v) is 2.34. The van der Waals surface area contributed by atoms with E-state index in [0.717, 1.165) is 12.1 Å². The lowest BCUT2D eigenvalue weighted by atomic mass is 10.2. The smallest absolute Gasteiger partial charge is 0.272 e. The minimum absolute atomic E-state index is 0.0280. The largest absolute Gasteiger partial charge is 0.371 e. The van der Waals surface area contributed by atoms with Gasteiger partial charge >= 0.3 is 0 Å². The van der Waals surface area contributed by atoms with Gasteiger partial charge in [0.2, 0.25) is 0 Å². The van der Waals surface area contributed by atoms with Crippen molar-refractivity contribution in [1.29, 1.82) is 0 Å². The summed E-state index contributed by atoms with van der Waals surface area (Å²) in [4.78, 5) is 17.2. The molecule has 0 bridgehead atoms. The summed E-state index contributed by atoms with van der Waals surface area (Å²) in [5, 5.41) is 3.17. The van der Waals surface area contributed by atoms with E-state index >= 15 is 0 Å². The molecular formula is C13H17N3O. The molecule has 0 radical (unpaired) electrons. The van der Waals surface area contributed by atoms with Crippen molar-refractivity contribution in [1.82, 2.24) is 9.88 Å². The van der Waals surface area contributed by atoms with Crippen LogP contribution in [-0.2, 0) is 0 Å². The highest BCUT2D eigenvalue weighted by Gasteiger charge is 2.10. The van der Waals surface area contributed by atoms with Gasteiger partial charge in [0.15, 0.2) is 0 Å². The molecule has 17 heavy (non-hydrogen) atoms. The first-order valence-electron chi connectivity index (χ1n) is 5.48. The molecular weight excluding hydrogens is 214 g/mol. The van der Waals surface area contributed by atoms with Crippen molar-refractivity contribution >= 4 is 11.6 Å². The molecule has 0 aliphatic rings. The highest BCUT2D eigenvalue weighted by atomic mass is 16.2. The molecule has 1 aromatic rings. The summed E-state index contributed by atoms with van der Waals surface area (Å²) in [7, 11) is 3.39. The SMILES string of the molecule is C#CC(CC)Nc1ccnc(C(=O)N(C)C)c1. The second-order valence-electron chi connectivity index (χ2n) is 3.90. The van der Waals surface area contributed by atoms with Gasteiger partial charge in [-0.1, -0.05) is 12.8 Å². The highest BCUT2D eigenvalue weighted by molar-refractivity contribution is 5.92. The average Bonchev–Trinajstić information content (AvgIpc) is 2.35. The van der Waals surface area contributed by atoms with Crippen molar-refractivity contribution in [3.8, 4) is 12.3 Å². The van der Waals surface area contributed by atoms with Crippen LogP contribution in [0.5, 0.6) is 0 Å². The van der Waals surface area contributed by atoms with E-state index in [2.05, 4.69) is 16.2 Å². The van der Waals surface area contributed by atoms with Gasteiger partial charge in [0.1, 0.15) is 5.69 Å². The number of carbonyl (C=O) groups excluding carboxylic acids is 1. The van der Waals surface area contributed by atoms with Crippen LogP contribution < -0.4 is 5.32 Å². The van der Waals surface area contributed by atoms with E-state index < -0.39 is 0 Å². The molecule has 1 amide bonds. The van der Waals surface area contributed by atoms with Crippen LogP contribution in [0.2, 0.25) is 0 Å². The molecule has 0 saturated carbocycles. The lowest BCUT2D eigenvalue weighted by Gasteiger charge is -2.14. The van der Waals surface area contributed by atoms with E-state index in [0.29, 0.717) is 5.69 Å². The van der Waals surface area contributed by atoms with Crippen molar-refractivity contribution in [3.63, 3.8) is 0 Å². The number of terminal acetylenes is 1. The molecule has 0 aliphatic heterocycles. The van der Waals surface area contributed by atoms with Gasteiger partial charge in [-0.2, -0.15) is 0 Å². The number of nitrogens with one attached hydrogen (secondary N) is 1. The summed E-state index contributed by atoms with van der Waals surface area (Å²) >= 11 is 0. The van der Waals surface area contributed by atoms with Crippen LogP contribution in [0.15, 0.2) is 18.3 Å². The Balaban J connectivity index is 2.87. The van der Waals surface area contributed by atoms with Crippen LogP contribution >= 0.6 is 0 Å². The number of hydrogen-bond donors (Lipinski definition) is 1. The van der Waals surface area contributed by atoms with Crippen molar-refractivity contribution < 1.29 is 4.79 Å². The molecule has 4 heteroatoms. The number of aromatic nitrogens is 1. The van der Waals surface area contributed by atoms with E-state index in [1.807, 2.05) is 6.92 Å². The Morgan fingerprint density at radius 3 is 2.88 bits per heavy atom. The fraction of sp³-hybridized carbons (Fsp3) is 0.385. The summed E-state index contributed by atoms with van der Waals surface area (Å²) < 4.78 is 0. The Kier molecular flexibility index (Phi) is 4.53. The first kappa shape index (κ1) is 13.0. The Bertz CT molecular complexity index is 435. The summed E-state index contributed by atoms with van der Waals surface area (Å²) in [6.07, 6.45) is 7.80. The third-order valence-electron chi connectivity index (χ3n) is 2.34. The van der Waals surface area contributed by atoms with Gasteiger partial charge in [-0.15, -0.1) is 6.42 Å². The number of amides is 1. The third kappa shape index (κ3) is 3.49. The van der Waals surface area contributed by atoms with Crippen molar-refractivity contribution in [3.05, 3.63) is 24.0 Å². The second-order valence-corrected chi connectivity index (χ2v) is 3.90. The second kappa shape index (κ2) is 5.90. The maximum absolute atomic E-state index is 11.7. The van der Waals surface area contributed by atoms with Crippen LogP contribution in [0.1, 0.15) is 23.8 Å². The lowest BCUT2D eigenvalue weighted by Crippen LogP contribution is -2.23. The molecule has 0 saturated heterocycles. The zero-order valence-corrected chi connectivity index (χ0v) is 10.4. The van der Waals surface area contributed by atoms with Crippen molar-refractivity contribution in [2.75, 3.05) is 19.4 Å². The summed E-state index contributed by atoms with van der Waals surface area (Å²) in [5.74, 6) is 2.52. The fourth-order valence-electron chi connectivity index (χ4n) is 1.33. The number of nitrogens with zero attached hydrogens (tertiary/aromatic N) is 2. The monoisotopic (exact) mass is 231 g/mol. The molecule has 1 N–H and O–H groups in total. The first-order chi connectivity index (χ1) is 8.08. The van der Waals surface area contributed by atoms with Gasteiger partial charge in [-0.05, 0) is 18.6 Å². The molecule has 1 unspecified atom stereocenters. The predicted molar refractivity (Wildman–Crippen MR) is 68.8 cm³/mol. The van der Waals surface area contributed by atoms with E-state index in [-0.39, 0.29) is 11.9 Å². The zero-order chi connectivity index (χ0) is 12.8. The van der Waals surface area contributed by atoms with E-state index in [4.69, 9.17) is 6.42 Å². The van der Waals surface area contributed by atoms with Crippen LogP contribution in [0.3, 0.4) is 0 Å². The van der Waals surface area contributed by atoms with Gasteiger partial charge in [0.25, 0.3) is 5.91 Å². The number of anilines is 1. The highest BCUT2D eigenvalue weighted by Crippen LogP contribution is 2.11. The standard InChI is InChI=1S/C13H17N3O/c1-5-10(6-2)15-11-7-8-14-12(9-11)13(17)16(3)4/h1,7-10H,6H2,2-4H3,(H,14,15). The maximum atomic E-state index is 11.7. The molecule has 1 aromatic heterocycles. The van der Waals surface area contributed by atoms with E-state index in [9.17, 15) is 4.79 Å². The Morgan fingerprint density at radius 1 is 1.65 bits per heavy atom. The quantitative estimate of drug-likeness (QED) is 0.801.